The van der Waals surface area contributed by atoms with Gasteiger partial charge in [0, 0.05) is 28.9 Å². The first-order valence-corrected chi connectivity index (χ1v) is 7.69. The predicted octanol–water partition coefficient (Wildman–Crippen LogP) is 4.31. The lowest BCUT2D eigenvalue weighted by Gasteiger charge is -2.45. The molecule has 2 unspecified atom stereocenters. The average molecular weight is 278 g/mol. The second kappa shape index (κ2) is 5.54. The smallest absolute Gasteiger partial charge is 0.152 e. The van der Waals surface area contributed by atoms with Gasteiger partial charge in [0.1, 0.15) is 0 Å². The van der Waals surface area contributed by atoms with Crippen molar-refractivity contribution in [1.29, 1.82) is 0 Å². The summed E-state index contributed by atoms with van der Waals surface area (Å²) in [5, 5.41) is 0.642. The van der Waals surface area contributed by atoms with Crippen LogP contribution in [0, 0.1) is 5.92 Å². The van der Waals surface area contributed by atoms with Crippen LogP contribution < -0.4 is 4.90 Å². The topological polar surface area (TPSA) is 20.3 Å². The molecule has 3 heteroatoms. The van der Waals surface area contributed by atoms with Crippen molar-refractivity contribution in [3.8, 4) is 0 Å². The van der Waals surface area contributed by atoms with Gasteiger partial charge in [-0.2, -0.15) is 0 Å². The summed E-state index contributed by atoms with van der Waals surface area (Å²) in [6, 6.07) is 6.33. The molecule has 1 saturated heterocycles. The molecule has 19 heavy (non-hydrogen) atoms. The van der Waals surface area contributed by atoms with Gasteiger partial charge in [0.15, 0.2) is 6.29 Å². The highest BCUT2D eigenvalue weighted by atomic mass is 35.5. The van der Waals surface area contributed by atoms with E-state index in [9.17, 15) is 4.79 Å². The molecule has 1 aromatic carbocycles. The molecule has 1 aliphatic heterocycles. The van der Waals surface area contributed by atoms with E-state index in [4.69, 9.17) is 11.6 Å². The standard InChI is InChI=1S/C16H20ClNO/c17-14-7-8-16(13(10-14)11-19)18-9-3-5-12-4-1-2-6-15(12)18/h7-8,10-12,15H,1-6,9H2. The largest absolute Gasteiger partial charge is 0.368 e. The second-order valence-corrected chi connectivity index (χ2v) is 6.20. The molecule has 2 fully saturated rings. The van der Waals surface area contributed by atoms with Crippen LogP contribution in [0.15, 0.2) is 18.2 Å². The fourth-order valence-electron chi connectivity index (χ4n) is 3.81. The lowest BCUT2D eigenvalue weighted by atomic mass is 9.78. The Morgan fingerprint density at radius 3 is 2.79 bits per heavy atom. The molecule has 102 valence electrons. The normalized spacial score (nSPS) is 26.9. The van der Waals surface area contributed by atoms with E-state index in [1.807, 2.05) is 12.1 Å². The van der Waals surface area contributed by atoms with Crippen LogP contribution in [0.25, 0.3) is 0 Å². The summed E-state index contributed by atoms with van der Waals surface area (Å²) in [5.41, 5.74) is 1.81. The Bertz CT molecular complexity index is 472. The number of piperidine rings is 1. The molecule has 2 nitrogen and oxygen atoms in total. The third-order valence-corrected chi connectivity index (χ3v) is 4.90. The molecule has 0 N–H and O–H groups in total. The highest BCUT2D eigenvalue weighted by Gasteiger charge is 2.33. The number of rotatable bonds is 2. The number of carbonyl (C=O) groups excluding carboxylic acids is 1. The van der Waals surface area contributed by atoms with Gasteiger partial charge in [-0.05, 0) is 49.8 Å². The molecule has 0 radical (unpaired) electrons. The number of benzene rings is 1. The van der Waals surface area contributed by atoms with Crippen molar-refractivity contribution in [2.75, 3.05) is 11.4 Å². The number of halogens is 1. The van der Waals surface area contributed by atoms with Crippen molar-refractivity contribution >= 4 is 23.6 Å². The maximum absolute atomic E-state index is 11.3. The Morgan fingerprint density at radius 1 is 1.16 bits per heavy atom. The molecule has 1 heterocycles. The monoisotopic (exact) mass is 277 g/mol. The molecular formula is C16H20ClNO. The maximum atomic E-state index is 11.3. The van der Waals surface area contributed by atoms with Gasteiger partial charge in [0.05, 0.1) is 0 Å². The molecule has 0 bridgehead atoms. The third kappa shape index (κ3) is 2.51. The average Bonchev–Trinajstić information content (AvgIpc) is 2.46. The minimum Gasteiger partial charge on any atom is -0.368 e. The lowest BCUT2D eigenvalue weighted by molar-refractivity contribution is 0.112. The zero-order valence-corrected chi connectivity index (χ0v) is 11.9. The molecule has 0 aromatic heterocycles. The molecule has 0 amide bonds. The van der Waals surface area contributed by atoms with Gasteiger partial charge in [0.2, 0.25) is 0 Å². The van der Waals surface area contributed by atoms with E-state index in [0.717, 1.165) is 30.0 Å². The van der Waals surface area contributed by atoms with Crippen LogP contribution in [0.2, 0.25) is 5.02 Å². The highest BCUT2D eigenvalue weighted by molar-refractivity contribution is 6.31. The summed E-state index contributed by atoms with van der Waals surface area (Å²) in [7, 11) is 0. The Hall–Kier alpha value is -1.02. The minimum atomic E-state index is 0.627. The van der Waals surface area contributed by atoms with E-state index >= 15 is 0 Å². The van der Waals surface area contributed by atoms with Crippen LogP contribution >= 0.6 is 11.6 Å². The maximum Gasteiger partial charge on any atom is 0.152 e. The Morgan fingerprint density at radius 2 is 1.95 bits per heavy atom. The van der Waals surface area contributed by atoms with Crippen molar-refractivity contribution in [3.63, 3.8) is 0 Å². The van der Waals surface area contributed by atoms with Crippen LogP contribution in [0.3, 0.4) is 0 Å². The Balaban J connectivity index is 1.93. The van der Waals surface area contributed by atoms with Crippen molar-refractivity contribution in [3.05, 3.63) is 28.8 Å². The van der Waals surface area contributed by atoms with Crippen LogP contribution in [-0.4, -0.2) is 18.9 Å². The van der Waals surface area contributed by atoms with Gasteiger partial charge >= 0.3 is 0 Å². The molecule has 0 spiro atoms. The predicted molar refractivity (Wildman–Crippen MR) is 79.2 cm³/mol. The number of hydrogen-bond acceptors (Lipinski definition) is 2. The van der Waals surface area contributed by atoms with Crippen molar-refractivity contribution < 1.29 is 4.79 Å². The molecule has 1 aromatic rings. The number of aldehydes is 1. The zero-order chi connectivity index (χ0) is 13.2. The second-order valence-electron chi connectivity index (χ2n) is 5.77. The number of nitrogens with zero attached hydrogens (tertiary/aromatic N) is 1. The first-order valence-electron chi connectivity index (χ1n) is 7.31. The summed E-state index contributed by atoms with van der Waals surface area (Å²) in [6.07, 6.45) is 8.84. The molecular weight excluding hydrogens is 258 g/mol. The number of fused-ring (bicyclic) bond motifs is 1. The molecule has 2 atom stereocenters. The summed E-state index contributed by atoms with van der Waals surface area (Å²) in [4.78, 5) is 13.8. The van der Waals surface area contributed by atoms with Crippen LogP contribution in [-0.2, 0) is 0 Å². The van der Waals surface area contributed by atoms with Crippen molar-refractivity contribution in [2.45, 2.75) is 44.6 Å². The molecule has 3 rings (SSSR count). The van der Waals surface area contributed by atoms with Crippen LogP contribution in [0.1, 0.15) is 48.9 Å². The SMILES string of the molecule is O=Cc1cc(Cl)ccc1N1CCCC2CCCCC21. The van der Waals surface area contributed by atoms with E-state index in [2.05, 4.69) is 4.90 Å². The van der Waals surface area contributed by atoms with Gasteiger partial charge in [0.25, 0.3) is 0 Å². The van der Waals surface area contributed by atoms with E-state index in [-0.39, 0.29) is 0 Å². The Labute approximate surface area is 119 Å². The minimum absolute atomic E-state index is 0.627. The summed E-state index contributed by atoms with van der Waals surface area (Å²) < 4.78 is 0. The lowest BCUT2D eigenvalue weighted by Crippen LogP contribution is -2.47. The summed E-state index contributed by atoms with van der Waals surface area (Å²) in [6.45, 7) is 1.07. The quantitative estimate of drug-likeness (QED) is 0.751. The fourth-order valence-corrected chi connectivity index (χ4v) is 3.99. The molecule has 1 aliphatic carbocycles. The Kier molecular flexibility index (Phi) is 3.79. The fraction of sp³-hybridized carbons (Fsp3) is 0.562. The van der Waals surface area contributed by atoms with Gasteiger partial charge in [-0.15, -0.1) is 0 Å². The van der Waals surface area contributed by atoms with Gasteiger partial charge in [-0.25, -0.2) is 0 Å². The number of anilines is 1. The van der Waals surface area contributed by atoms with Crippen LogP contribution in [0.5, 0.6) is 0 Å². The summed E-state index contributed by atoms with van der Waals surface area (Å²) in [5.74, 6) is 0.817. The van der Waals surface area contributed by atoms with Gasteiger partial charge < -0.3 is 4.90 Å². The van der Waals surface area contributed by atoms with Crippen molar-refractivity contribution in [2.24, 2.45) is 5.92 Å². The zero-order valence-electron chi connectivity index (χ0n) is 11.1. The van der Waals surface area contributed by atoms with E-state index in [0.29, 0.717) is 11.1 Å². The van der Waals surface area contributed by atoms with Crippen molar-refractivity contribution in [1.82, 2.24) is 0 Å². The summed E-state index contributed by atoms with van der Waals surface area (Å²) >= 11 is 5.99. The highest BCUT2D eigenvalue weighted by Crippen LogP contribution is 2.38. The number of hydrogen-bond donors (Lipinski definition) is 0. The first-order chi connectivity index (χ1) is 9.29. The van der Waals surface area contributed by atoms with Gasteiger partial charge in [-0.1, -0.05) is 24.4 Å². The van der Waals surface area contributed by atoms with E-state index in [1.54, 1.807) is 6.07 Å². The number of carbonyl (C=O) groups is 1. The van der Waals surface area contributed by atoms with E-state index < -0.39 is 0 Å². The molecule has 1 saturated carbocycles. The van der Waals surface area contributed by atoms with Gasteiger partial charge in [-0.3, -0.25) is 4.79 Å². The van der Waals surface area contributed by atoms with E-state index in [1.165, 1.54) is 38.5 Å². The first kappa shape index (κ1) is 13.0. The van der Waals surface area contributed by atoms with Crippen LogP contribution in [0.4, 0.5) is 5.69 Å². The molecule has 2 aliphatic rings. The third-order valence-electron chi connectivity index (χ3n) is 4.67.